The summed E-state index contributed by atoms with van der Waals surface area (Å²) >= 11 is 6.00. The van der Waals surface area contributed by atoms with Crippen LogP contribution in [0.1, 0.15) is 20.3 Å². The molecule has 0 aromatic rings. The first-order chi connectivity index (χ1) is 8.56. The molecule has 2 N–H and O–H groups in total. The minimum atomic E-state index is -0.219. The summed E-state index contributed by atoms with van der Waals surface area (Å²) in [5.41, 5.74) is 1.53. The molecule has 1 unspecified atom stereocenters. The van der Waals surface area contributed by atoms with Gasteiger partial charge >= 0.3 is 0 Å². The summed E-state index contributed by atoms with van der Waals surface area (Å²) < 4.78 is 0. The van der Waals surface area contributed by atoms with Gasteiger partial charge in [-0.25, -0.2) is 4.99 Å². The smallest absolute Gasteiger partial charge is 0.271 e. The molecule has 1 aliphatic heterocycles. The minimum absolute atomic E-state index is 0.0172. The number of amidine groups is 1. The van der Waals surface area contributed by atoms with Gasteiger partial charge in [0.2, 0.25) is 0 Å². The number of hydrogen-bond donors (Lipinski definition) is 2. The van der Waals surface area contributed by atoms with E-state index in [1.54, 1.807) is 0 Å². The summed E-state index contributed by atoms with van der Waals surface area (Å²) in [6.07, 6.45) is 6.89. The van der Waals surface area contributed by atoms with Crippen LogP contribution in [-0.4, -0.2) is 24.3 Å². The van der Waals surface area contributed by atoms with Crippen LogP contribution in [0.2, 0.25) is 0 Å². The zero-order chi connectivity index (χ0) is 13.1. The molecule has 1 heterocycles. The quantitative estimate of drug-likeness (QED) is 0.801. The van der Waals surface area contributed by atoms with Crippen LogP contribution in [0, 0.1) is 0 Å². The van der Waals surface area contributed by atoms with Crippen molar-refractivity contribution in [1.82, 2.24) is 10.6 Å². The zero-order valence-electron chi connectivity index (χ0n) is 10.5. The van der Waals surface area contributed by atoms with E-state index >= 15 is 0 Å². The predicted molar refractivity (Wildman–Crippen MR) is 73.4 cm³/mol. The van der Waals surface area contributed by atoms with E-state index in [0.29, 0.717) is 23.1 Å². The van der Waals surface area contributed by atoms with Gasteiger partial charge in [0.25, 0.3) is 5.91 Å². The number of rotatable bonds is 2. The average Bonchev–Trinajstić information content (AvgIpc) is 2.35. The Bertz CT molecular complexity index is 488. The second kappa shape index (κ2) is 5.40. The number of hydrogen-bond acceptors (Lipinski definition) is 3. The second-order valence-corrected chi connectivity index (χ2v) is 4.88. The average molecular weight is 266 g/mol. The molecule has 2 aliphatic rings. The maximum Gasteiger partial charge on any atom is 0.271 e. The van der Waals surface area contributed by atoms with Gasteiger partial charge in [-0.15, -0.1) is 0 Å². The van der Waals surface area contributed by atoms with Crippen molar-refractivity contribution in [3.63, 3.8) is 0 Å². The third-order valence-corrected chi connectivity index (χ3v) is 3.17. The van der Waals surface area contributed by atoms with Crippen molar-refractivity contribution >= 4 is 23.3 Å². The summed E-state index contributed by atoms with van der Waals surface area (Å²) in [5, 5.41) is 6.34. The molecule has 0 aromatic carbocycles. The fourth-order valence-electron chi connectivity index (χ4n) is 1.80. The minimum Gasteiger partial charge on any atom is -0.369 e. The lowest BCUT2D eigenvalue weighted by Gasteiger charge is -2.19. The van der Waals surface area contributed by atoms with Crippen LogP contribution >= 0.6 is 11.6 Å². The number of nitrogens with zero attached hydrogens (tertiary/aromatic N) is 1. The highest BCUT2D eigenvalue weighted by Crippen LogP contribution is 2.16. The van der Waals surface area contributed by atoms with Crippen LogP contribution in [0.15, 0.2) is 39.5 Å². The van der Waals surface area contributed by atoms with E-state index in [2.05, 4.69) is 21.7 Å². The maximum absolute atomic E-state index is 12.1. The van der Waals surface area contributed by atoms with Gasteiger partial charge in [-0.2, -0.15) is 0 Å². The molecule has 4 nitrogen and oxygen atoms in total. The number of aliphatic imine (C=N–C) groups is 1. The molecule has 1 atom stereocenters. The molecule has 0 saturated carbocycles. The lowest BCUT2D eigenvalue weighted by Crippen LogP contribution is -2.37. The van der Waals surface area contributed by atoms with Crippen LogP contribution in [0.5, 0.6) is 0 Å². The summed E-state index contributed by atoms with van der Waals surface area (Å²) in [5.74, 6) is 0.489. The van der Waals surface area contributed by atoms with Crippen LogP contribution in [0.4, 0.5) is 0 Å². The van der Waals surface area contributed by atoms with E-state index in [1.165, 1.54) is 5.57 Å². The molecule has 96 valence electrons. The molecule has 0 saturated heterocycles. The van der Waals surface area contributed by atoms with E-state index in [4.69, 9.17) is 11.6 Å². The number of allylic oxidation sites excluding steroid dienone is 2. The summed E-state index contributed by atoms with van der Waals surface area (Å²) in [6.45, 7) is 4.30. The van der Waals surface area contributed by atoms with Crippen LogP contribution < -0.4 is 10.6 Å². The molecule has 0 fully saturated rings. The fraction of sp³-hybridized carbons (Fsp3) is 0.385. The van der Waals surface area contributed by atoms with Gasteiger partial charge in [0.05, 0.1) is 23.5 Å². The highest BCUT2D eigenvalue weighted by atomic mass is 35.5. The molecule has 18 heavy (non-hydrogen) atoms. The molecule has 0 spiro atoms. The Balaban J connectivity index is 2.03. The number of nitrogens with one attached hydrogen (secondary N) is 2. The van der Waals surface area contributed by atoms with Gasteiger partial charge in [-0.3, -0.25) is 4.79 Å². The Morgan fingerprint density at radius 3 is 3.00 bits per heavy atom. The third-order valence-electron chi connectivity index (χ3n) is 2.85. The topological polar surface area (TPSA) is 53.5 Å². The van der Waals surface area contributed by atoms with Crippen LogP contribution in [0.3, 0.4) is 0 Å². The van der Waals surface area contributed by atoms with E-state index in [0.717, 1.165) is 6.42 Å². The molecule has 2 rings (SSSR count). The predicted octanol–water partition coefficient (Wildman–Crippen LogP) is 1.85. The van der Waals surface area contributed by atoms with E-state index < -0.39 is 0 Å². The van der Waals surface area contributed by atoms with E-state index in [-0.39, 0.29) is 11.9 Å². The van der Waals surface area contributed by atoms with Gasteiger partial charge < -0.3 is 10.6 Å². The second-order valence-electron chi connectivity index (χ2n) is 4.43. The SMILES string of the molecule is CC1=CCC(NC(=O)C2=C(Cl)CNC(C)=N2)C=C1. The lowest BCUT2D eigenvalue weighted by molar-refractivity contribution is -0.118. The highest BCUT2D eigenvalue weighted by Gasteiger charge is 2.20. The number of halogens is 1. The standard InChI is InChI=1S/C13H16ClN3O/c1-8-3-5-10(6-4-8)17-13(18)12-11(14)7-15-9(2)16-12/h3-5,10H,6-7H2,1-2H3,(H,15,16)(H,17,18). The van der Waals surface area contributed by atoms with Crippen molar-refractivity contribution in [2.24, 2.45) is 4.99 Å². The number of carbonyl (C=O) groups is 1. The van der Waals surface area contributed by atoms with Crippen LogP contribution in [0.25, 0.3) is 0 Å². The van der Waals surface area contributed by atoms with Crippen molar-refractivity contribution in [2.75, 3.05) is 6.54 Å². The van der Waals surface area contributed by atoms with Gasteiger partial charge in [-0.1, -0.05) is 35.4 Å². The zero-order valence-corrected chi connectivity index (χ0v) is 11.2. The lowest BCUT2D eigenvalue weighted by atomic mass is 10.0. The van der Waals surface area contributed by atoms with Gasteiger partial charge in [0.1, 0.15) is 5.70 Å². The van der Waals surface area contributed by atoms with E-state index in [1.807, 2.05) is 26.0 Å². The molecule has 0 radical (unpaired) electrons. The van der Waals surface area contributed by atoms with Crippen molar-refractivity contribution in [1.29, 1.82) is 0 Å². The normalized spacial score (nSPS) is 23.2. The summed E-state index contributed by atoms with van der Waals surface area (Å²) in [7, 11) is 0. The molecule has 5 heteroatoms. The van der Waals surface area contributed by atoms with Crippen molar-refractivity contribution < 1.29 is 4.79 Å². The molecule has 1 aliphatic carbocycles. The number of carbonyl (C=O) groups excluding carboxylic acids is 1. The molecule has 0 aromatic heterocycles. The van der Waals surface area contributed by atoms with Crippen molar-refractivity contribution in [3.8, 4) is 0 Å². The molecular weight excluding hydrogens is 250 g/mol. The van der Waals surface area contributed by atoms with Gasteiger partial charge in [0.15, 0.2) is 0 Å². The maximum atomic E-state index is 12.1. The van der Waals surface area contributed by atoms with Gasteiger partial charge in [0, 0.05) is 0 Å². The first-order valence-corrected chi connectivity index (χ1v) is 6.27. The fourth-order valence-corrected chi connectivity index (χ4v) is 2.00. The Hall–Kier alpha value is -1.55. The Labute approximate surface area is 111 Å². The molecular formula is C13H16ClN3O. The first-order valence-electron chi connectivity index (χ1n) is 5.90. The first kappa shape index (κ1) is 12.9. The third kappa shape index (κ3) is 3.01. The largest absolute Gasteiger partial charge is 0.369 e. The van der Waals surface area contributed by atoms with Crippen molar-refractivity contribution in [3.05, 3.63) is 34.5 Å². The Morgan fingerprint density at radius 2 is 2.33 bits per heavy atom. The Kier molecular flexibility index (Phi) is 3.87. The van der Waals surface area contributed by atoms with Gasteiger partial charge in [-0.05, 0) is 20.3 Å². The van der Waals surface area contributed by atoms with Crippen LogP contribution in [-0.2, 0) is 4.79 Å². The molecule has 0 bridgehead atoms. The van der Waals surface area contributed by atoms with E-state index in [9.17, 15) is 4.79 Å². The highest BCUT2D eigenvalue weighted by molar-refractivity contribution is 6.32. The number of amides is 1. The summed E-state index contributed by atoms with van der Waals surface area (Å²) in [6, 6.07) is 0.0172. The summed E-state index contributed by atoms with van der Waals surface area (Å²) in [4.78, 5) is 16.2. The molecule has 1 amide bonds. The Morgan fingerprint density at radius 1 is 1.56 bits per heavy atom. The monoisotopic (exact) mass is 265 g/mol. The van der Waals surface area contributed by atoms with Crippen molar-refractivity contribution in [2.45, 2.75) is 26.3 Å².